The Balaban J connectivity index is 2.29. The molecule has 0 amide bonds. The average molecular weight is 257 g/mol. The Morgan fingerprint density at radius 2 is 1.89 bits per heavy atom. The van der Waals surface area contributed by atoms with Crippen molar-refractivity contribution in [3.05, 3.63) is 0 Å². The molecule has 1 atom stereocenters. The standard InChI is InChI=1S/C15H31NO2/c1-4-9-16-15(12-18-11-10-17-3)14-7-5-13(2)6-8-14/h13-16H,4-12H2,1-3H3. The molecular weight excluding hydrogens is 226 g/mol. The Hall–Kier alpha value is -0.120. The molecule has 0 heterocycles. The van der Waals surface area contributed by atoms with Crippen molar-refractivity contribution in [3.8, 4) is 0 Å². The first-order valence-corrected chi connectivity index (χ1v) is 7.58. The minimum absolute atomic E-state index is 0.536. The molecule has 0 radical (unpaired) electrons. The molecule has 1 N–H and O–H groups in total. The van der Waals surface area contributed by atoms with Crippen molar-refractivity contribution in [1.29, 1.82) is 0 Å². The molecule has 1 aliphatic carbocycles. The Morgan fingerprint density at radius 1 is 1.17 bits per heavy atom. The normalized spacial score (nSPS) is 26.2. The second-order valence-corrected chi connectivity index (χ2v) is 5.65. The first kappa shape index (κ1) is 15.9. The van der Waals surface area contributed by atoms with E-state index in [2.05, 4.69) is 19.2 Å². The molecule has 0 aromatic heterocycles. The van der Waals surface area contributed by atoms with Gasteiger partial charge in [0.2, 0.25) is 0 Å². The zero-order valence-corrected chi connectivity index (χ0v) is 12.4. The van der Waals surface area contributed by atoms with Crippen molar-refractivity contribution in [1.82, 2.24) is 5.32 Å². The van der Waals surface area contributed by atoms with Crippen LogP contribution in [0, 0.1) is 11.8 Å². The lowest BCUT2D eigenvalue weighted by Crippen LogP contribution is -2.42. The molecule has 0 aromatic rings. The maximum atomic E-state index is 5.73. The van der Waals surface area contributed by atoms with Gasteiger partial charge in [-0.1, -0.05) is 26.7 Å². The molecule has 1 saturated carbocycles. The van der Waals surface area contributed by atoms with Crippen molar-refractivity contribution >= 4 is 0 Å². The molecule has 0 saturated heterocycles. The molecule has 1 rings (SSSR count). The first-order valence-electron chi connectivity index (χ1n) is 7.58. The Kier molecular flexibility index (Phi) is 8.64. The van der Waals surface area contributed by atoms with Crippen LogP contribution < -0.4 is 5.32 Å². The fourth-order valence-electron chi connectivity index (χ4n) is 2.73. The van der Waals surface area contributed by atoms with Crippen molar-refractivity contribution < 1.29 is 9.47 Å². The zero-order chi connectivity index (χ0) is 13.2. The van der Waals surface area contributed by atoms with Gasteiger partial charge in [-0.05, 0) is 37.6 Å². The smallest absolute Gasteiger partial charge is 0.0701 e. The summed E-state index contributed by atoms with van der Waals surface area (Å²) in [6.45, 7) is 7.94. The van der Waals surface area contributed by atoms with E-state index in [1.165, 1.54) is 32.1 Å². The van der Waals surface area contributed by atoms with Gasteiger partial charge in [-0.3, -0.25) is 0 Å². The first-order chi connectivity index (χ1) is 8.77. The number of methoxy groups -OCH3 is 1. The molecule has 0 aromatic carbocycles. The monoisotopic (exact) mass is 257 g/mol. The quantitative estimate of drug-likeness (QED) is 0.644. The van der Waals surface area contributed by atoms with E-state index < -0.39 is 0 Å². The molecule has 0 spiro atoms. The van der Waals surface area contributed by atoms with Gasteiger partial charge in [-0.15, -0.1) is 0 Å². The van der Waals surface area contributed by atoms with Crippen molar-refractivity contribution in [2.45, 2.75) is 52.0 Å². The van der Waals surface area contributed by atoms with E-state index in [1.807, 2.05) is 0 Å². The van der Waals surface area contributed by atoms with Gasteiger partial charge in [-0.2, -0.15) is 0 Å². The third-order valence-corrected chi connectivity index (χ3v) is 4.02. The summed E-state index contributed by atoms with van der Waals surface area (Å²) in [7, 11) is 1.72. The predicted molar refractivity (Wildman–Crippen MR) is 75.9 cm³/mol. The molecule has 108 valence electrons. The second kappa shape index (κ2) is 9.76. The van der Waals surface area contributed by atoms with E-state index >= 15 is 0 Å². The lowest BCUT2D eigenvalue weighted by Gasteiger charge is -2.33. The van der Waals surface area contributed by atoms with Crippen LogP contribution in [0.1, 0.15) is 46.0 Å². The van der Waals surface area contributed by atoms with Crippen LogP contribution in [0.25, 0.3) is 0 Å². The number of hydrogen-bond donors (Lipinski definition) is 1. The number of ether oxygens (including phenoxy) is 2. The lowest BCUT2D eigenvalue weighted by molar-refractivity contribution is 0.0432. The van der Waals surface area contributed by atoms with Crippen molar-refractivity contribution in [2.24, 2.45) is 11.8 Å². The minimum Gasteiger partial charge on any atom is -0.382 e. The Bertz CT molecular complexity index is 191. The highest BCUT2D eigenvalue weighted by Gasteiger charge is 2.25. The van der Waals surface area contributed by atoms with Gasteiger partial charge in [0, 0.05) is 13.2 Å². The maximum Gasteiger partial charge on any atom is 0.0701 e. The summed E-state index contributed by atoms with van der Waals surface area (Å²) < 4.78 is 10.7. The summed E-state index contributed by atoms with van der Waals surface area (Å²) in [4.78, 5) is 0. The minimum atomic E-state index is 0.536. The molecular formula is C15H31NO2. The second-order valence-electron chi connectivity index (χ2n) is 5.65. The number of rotatable bonds is 9. The van der Waals surface area contributed by atoms with Crippen LogP contribution in [0.3, 0.4) is 0 Å². The summed E-state index contributed by atoms with van der Waals surface area (Å²) >= 11 is 0. The average Bonchev–Trinajstić information content (AvgIpc) is 2.39. The van der Waals surface area contributed by atoms with Crippen LogP contribution in [-0.2, 0) is 9.47 Å². The third kappa shape index (κ3) is 6.17. The fourth-order valence-corrected chi connectivity index (χ4v) is 2.73. The molecule has 1 unspecified atom stereocenters. The van der Waals surface area contributed by atoms with E-state index in [1.54, 1.807) is 7.11 Å². The predicted octanol–water partition coefficient (Wildman–Crippen LogP) is 2.84. The van der Waals surface area contributed by atoms with Crippen LogP contribution in [-0.4, -0.2) is 39.5 Å². The van der Waals surface area contributed by atoms with Crippen LogP contribution in [0.5, 0.6) is 0 Å². The summed E-state index contributed by atoms with van der Waals surface area (Å²) in [6.07, 6.45) is 6.67. The fraction of sp³-hybridized carbons (Fsp3) is 1.00. The third-order valence-electron chi connectivity index (χ3n) is 4.02. The van der Waals surface area contributed by atoms with E-state index in [9.17, 15) is 0 Å². The summed E-state index contributed by atoms with van der Waals surface area (Å²) in [5.74, 6) is 1.72. The van der Waals surface area contributed by atoms with Gasteiger partial charge in [0.1, 0.15) is 0 Å². The maximum absolute atomic E-state index is 5.73. The van der Waals surface area contributed by atoms with E-state index in [4.69, 9.17) is 9.47 Å². The highest BCUT2D eigenvalue weighted by molar-refractivity contribution is 4.81. The molecule has 0 aliphatic heterocycles. The van der Waals surface area contributed by atoms with Crippen LogP contribution in [0.4, 0.5) is 0 Å². The van der Waals surface area contributed by atoms with Gasteiger partial charge >= 0.3 is 0 Å². The van der Waals surface area contributed by atoms with Gasteiger partial charge in [0.05, 0.1) is 19.8 Å². The molecule has 1 fully saturated rings. The van der Waals surface area contributed by atoms with Gasteiger partial charge < -0.3 is 14.8 Å². The summed E-state index contributed by atoms with van der Waals surface area (Å²) in [5, 5.41) is 3.67. The number of hydrogen-bond acceptors (Lipinski definition) is 3. The molecule has 18 heavy (non-hydrogen) atoms. The number of nitrogens with one attached hydrogen (secondary N) is 1. The van der Waals surface area contributed by atoms with Gasteiger partial charge in [-0.25, -0.2) is 0 Å². The lowest BCUT2D eigenvalue weighted by atomic mass is 9.79. The van der Waals surface area contributed by atoms with E-state index in [0.717, 1.165) is 25.0 Å². The van der Waals surface area contributed by atoms with Crippen molar-refractivity contribution in [2.75, 3.05) is 33.5 Å². The van der Waals surface area contributed by atoms with E-state index in [-0.39, 0.29) is 0 Å². The molecule has 3 heteroatoms. The van der Waals surface area contributed by atoms with Crippen LogP contribution >= 0.6 is 0 Å². The zero-order valence-electron chi connectivity index (χ0n) is 12.4. The van der Waals surface area contributed by atoms with Crippen molar-refractivity contribution in [3.63, 3.8) is 0 Å². The molecule has 3 nitrogen and oxygen atoms in total. The van der Waals surface area contributed by atoms with E-state index in [0.29, 0.717) is 19.3 Å². The Labute approximate surface area is 113 Å². The van der Waals surface area contributed by atoms with Crippen LogP contribution in [0.15, 0.2) is 0 Å². The highest BCUT2D eigenvalue weighted by atomic mass is 16.5. The SMILES string of the molecule is CCCNC(COCCOC)C1CCC(C)CC1. The summed E-state index contributed by atoms with van der Waals surface area (Å²) in [6, 6.07) is 0.536. The Morgan fingerprint density at radius 3 is 2.50 bits per heavy atom. The van der Waals surface area contributed by atoms with Gasteiger partial charge in [0.15, 0.2) is 0 Å². The largest absolute Gasteiger partial charge is 0.382 e. The molecule has 0 bridgehead atoms. The highest BCUT2D eigenvalue weighted by Crippen LogP contribution is 2.30. The van der Waals surface area contributed by atoms with Gasteiger partial charge in [0.25, 0.3) is 0 Å². The van der Waals surface area contributed by atoms with Crippen LogP contribution in [0.2, 0.25) is 0 Å². The molecule has 1 aliphatic rings. The summed E-state index contributed by atoms with van der Waals surface area (Å²) in [5.41, 5.74) is 0. The topological polar surface area (TPSA) is 30.5 Å².